The van der Waals surface area contributed by atoms with Gasteiger partial charge in [0, 0.05) is 0 Å². The average molecular weight is 329 g/mol. The Bertz CT molecular complexity index is 711. The number of phosphoric acid groups is 1. The number of ether oxygens (including phenoxy) is 1. The van der Waals surface area contributed by atoms with Crippen molar-refractivity contribution in [2.24, 2.45) is 0 Å². The van der Waals surface area contributed by atoms with Crippen LogP contribution in [0.2, 0.25) is 0 Å². The SMILES string of the molecule is Nc1nc2c(ncn2COCCOP(=O)(O)O)c(=O)[nH]1.[NaH]. The van der Waals surface area contributed by atoms with Crippen molar-refractivity contribution in [1.82, 2.24) is 19.5 Å². The van der Waals surface area contributed by atoms with E-state index >= 15 is 0 Å². The fourth-order valence-electron chi connectivity index (χ4n) is 1.44. The first-order valence-corrected chi connectivity index (χ1v) is 6.88. The number of H-pyrrole nitrogens is 1. The van der Waals surface area contributed by atoms with Crippen molar-refractivity contribution in [3.05, 3.63) is 16.7 Å². The quantitative estimate of drug-likeness (QED) is 0.270. The number of aromatic amines is 1. The van der Waals surface area contributed by atoms with Crippen LogP contribution in [0.4, 0.5) is 5.95 Å². The molecule has 112 valence electrons. The minimum atomic E-state index is -4.49. The molecule has 0 aliphatic carbocycles. The van der Waals surface area contributed by atoms with Gasteiger partial charge in [0.25, 0.3) is 5.56 Å². The Morgan fingerprint density at radius 1 is 1.43 bits per heavy atom. The second-order valence-corrected chi connectivity index (χ2v) is 4.94. The summed E-state index contributed by atoms with van der Waals surface area (Å²) in [5.74, 6) is -0.0471. The molecule has 2 rings (SSSR count). The number of fused-ring (bicyclic) bond motifs is 1. The van der Waals surface area contributed by atoms with Gasteiger partial charge in [-0.05, 0) is 0 Å². The molecule has 5 N–H and O–H groups in total. The van der Waals surface area contributed by atoms with Crippen LogP contribution in [0.15, 0.2) is 11.1 Å². The number of rotatable bonds is 6. The predicted octanol–water partition coefficient (Wildman–Crippen LogP) is -1.86. The first-order chi connectivity index (χ1) is 9.37. The van der Waals surface area contributed by atoms with Crippen LogP contribution in [0.1, 0.15) is 0 Å². The van der Waals surface area contributed by atoms with Crippen molar-refractivity contribution in [3.8, 4) is 0 Å². The minimum absolute atomic E-state index is 0. The molecule has 11 nitrogen and oxygen atoms in total. The van der Waals surface area contributed by atoms with Gasteiger partial charge < -0.3 is 20.3 Å². The van der Waals surface area contributed by atoms with E-state index in [1.54, 1.807) is 0 Å². The molecular formula is C8H13N5NaO6P. The maximum atomic E-state index is 11.5. The van der Waals surface area contributed by atoms with E-state index in [0.29, 0.717) is 0 Å². The van der Waals surface area contributed by atoms with Gasteiger partial charge in [0.05, 0.1) is 19.5 Å². The van der Waals surface area contributed by atoms with Crippen molar-refractivity contribution >= 4 is 54.5 Å². The molecule has 21 heavy (non-hydrogen) atoms. The maximum absolute atomic E-state index is 11.5. The summed E-state index contributed by atoms with van der Waals surface area (Å²) in [5, 5.41) is 0. The monoisotopic (exact) mass is 329 g/mol. The van der Waals surface area contributed by atoms with Crippen LogP contribution >= 0.6 is 7.82 Å². The summed E-state index contributed by atoms with van der Waals surface area (Å²) < 4.78 is 21.2. The summed E-state index contributed by atoms with van der Waals surface area (Å²) in [5.41, 5.74) is 5.33. The molecular weight excluding hydrogens is 316 g/mol. The summed E-state index contributed by atoms with van der Waals surface area (Å²) in [6.07, 6.45) is 1.34. The molecule has 0 saturated carbocycles. The van der Waals surface area contributed by atoms with E-state index in [2.05, 4.69) is 19.5 Å². The van der Waals surface area contributed by atoms with Crippen molar-refractivity contribution in [3.63, 3.8) is 0 Å². The van der Waals surface area contributed by atoms with Crippen LogP contribution in [0.25, 0.3) is 11.2 Å². The van der Waals surface area contributed by atoms with Crippen LogP contribution in [0, 0.1) is 0 Å². The second-order valence-electron chi connectivity index (χ2n) is 3.70. The number of hydrogen-bond donors (Lipinski definition) is 4. The first-order valence-electron chi connectivity index (χ1n) is 5.35. The van der Waals surface area contributed by atoms with E-state index in [1.165, 1.54) is 10.9 Å². The first kappa shape index (κ1) is 18.3. The Kier molecular flexibility index (Phi) is 6.50. The van der Waals surface area contributed by atoms with Crippen LogP contribution in [-0.4, -0.2) is 72.1 Å². The average Bonchev–Trinajstić information content (AvgIpc) is 2.70. The molecule has 0 aromatic carbocycles. The molecule has 0 bridgehead atoms. The van der Waals surface area contributed by atoms with Crippen LogP contribution in [0.3, 0.4) is 0 Å². The van der Waals surface area contributed by atoms with Gasteiger partial charge in [-0.2, -0.15) is 4.98 Å². The van der Waals surface area contributed by atoms with Crippen LogP contribution in [0.5, 0.6) is 0 Å². The van der Waals surface area contributed by atoms with Crippen molar-refractivity contribution < 1.29 is 23.6 Å². The van der Waals surface area contributed by atoms with E-state index in [4.69, 9.17) is 20.3 Å². The molecule has 0 fully saturated rings. The molecule has 2 aromatic heterocycles. The number of aromatic nitrogens is 4. The molecule has 0 saturated heterocycles. The Morgan fingerprint density at radius 3 is 2.81 bits per heavy atom. The number of phosphoric ester groups is 1. The third-order valence-corrected chi connectivity index (χ3v) is 2.73. The van der Waals surface area contributed by atoms with E-state index in [9.17, 15) is 9.36 Å². The summed E-state index contributed by atoms with van der Waals surface area (Å²) in [6.45, 7) is -0.340. The third kappa shape index (κ3) is 5.16. The Balaban J connectivity index is 0.00000220. The number of nitrogens with zero attached hydrogens (tertiary/aromatic N) is 3. The Morgan fingerprint density at radius 2 is 2.14 bits per heavy atom. The summed E-state index contributed by atoms with van der Waals surface area (Å²) in [4.78, 5) is 38.5. The molecule has 0 aliphatic rings. The van der Waals surface area contributed by atoms with E-state index in [-0.39, 0.29) is 66.6 Å². The number of anilines is 1. The molecule has 0 amide bonds. The van der Waals surface area contributed by atoms with Crippen molar-refractivity contribution in [1.29, 1.82) is 0 Å². The van der Waals surface area contributed by atoms with Gasteiger partial charge in [-0.15, -0.1) is 0 Å². The third-order valence-electron chi connectivity index (χ3n) is 2.21. The number of nitrogen functional groups attached to an aromatic ring is 1. The topological polar surface area (TPSA) is 166 Å². The molecule has 2 heterocycles. The number of imidazole rings is 1. The Hall–Kier alpha value is -0.780. The molecule has 0 radical (unpaired) electrons. The number of hydrogen-bond acceptors (Lipinski definition) is 7. The van der Waals surface area contributed by atoms with Crippen molar-refractivity contribution in [2.45, 2.75) is 6.73 Å². The van der Waals surface area contributed by atoms with Gasteiger partial charge in [0.2, 0.25) is 5.95 Å². The fraction of sp³-hybridized carbons (Fsp3) is 0.375. The summed E-state index contributed by atoms with van der Waals surface area (Å²) >= 11 is 0. The van der Waals surface area contributed by atoms with E-state index < -0.39 is 13.4 Å². The van der Waals surface area contributed by atoms with Gasteiger partial charge in [-0.3, -0.25) is 18.9 Å². The van der Waals surface area contributed by atoms with Crippen LogP contribution < -0.4 is 11.3 Å². The fourth-order valence-corrected chi connectivity index (χ4v) is 1.76. The second kappa shape index (κ2) is 7.47. The summed E-state index contributed by atoms with van der Waals surface area (Å²) in [7, 11) is -4.49. The standard InChI is InChI=1S/C8H12N5O6P.Na.H/c9-8-11-6-5(7(14)12-8)10-3-13(6)4-18-1-2-19-20(15,16)17;;/h3H,1-2,4H2,(H2,15,16,17)(H3,9,11,12,14);;. The molecule has 0 spiro atoms. The number of nitrogens with two attached hydrogens (primary N) is 1. The van der Waals surface area contributed by atoms with Gasteiger partial charge in [0.15, 0.2) is 11.2 Å². The van der Waals surface area contributed by atoms with E-state index in [1.807, 2.05) is 0 Å². The van der Waals surface area contributed by atoms with E-state index in [0.717, 1.165) is 0 Å². The zero-order valence-electron chi connectivity index (χ0n) is 10.1. The zero-order valence-corrected chi connectivity index (χ0v) is 11.0. The van der Waals surface area contributed by atoms with Crippen LogP contribution in [-0.2, 0) is 20.6 Å². The van der Waals surface area contributed by atoms with Gasteiger partial charge in [-0.1, -0.05) is 0 Å². The predicted molar refractivity (Wildman–Crippen MR) is 73.7 cm³/mol. The zero-order chi connectivity index (χ0) is 14.8. The normalized spacial score (nSPS) is 11.5. The molecule has 0 atom stereocenters. The van der Waals surface area contributed by atoms with Gasteiger partial charge >= 0.3 is 37.4 Å². The molecule has 0 aliphatic heterocycles. The summed E-state index contributed by atoms with van der Waals surface area (Å²) in [6, 6.07) is 0. The number of nitrogens with one attached hydrogen (secondary N) is 1. The van der Waals surface area contributed by atoms with Gasteiger partial charge in [-0.25, -0.2) is 9.55 Å². The van der Waals surface area contributed by atoms with Gasteiger partial charge in [0.1, 0.15) is 6.73 Å². The van der Waals surface area contributed by atoms with Crippen molar-refractivity contribution in [2.75, 3.05) is 18.9 Å². The Labute approximate surface area is 140 Å². The molecule has 0 unspecified atom stereocenters. The molecule has 13 heteroatoms. The molecule has 2 aromatic rings.